The number of aliphatic hydroxyl groups excluding tert-OH is 1. The van der Waals surface area contributed by atoms with Gasteiger partial charge >= 0.3 is 0 Å². The lowest BCUT2D eigenvalue weighted by Crippen LogP contribution is -2.52. The maximum Gasteiger partial charge on any atom is 0.219 e. The molecular weight excluding hydrogens is 192 g/mol. The normalized spacial score (nSPS) is 28.9. The Bertz CT molecular complexity index is 221. The quantitative estimate of drug-likeness (QED) is 0.706. The fourth-order valence-corrected chi connectivity index (χ4v) is 2.22. The summed E-state index contributed by atoms with van der Waals surface area (Å²) >= 11 is 0. The van der Waals surface area contributed by atoms with E-state index in [1.807, 2.05) is 18.9 Å². The number of aliphatic hydroxyl groups is 1. The summed E-state index contributed by atoms with van der Waals surface area (Å²) in [5.74, 6) is 0.313. The first kappa shape index (κ1) is 12.5. The zero-order valence-corrected chi connectivity index (χ0v) is 9.86. The number of amides is 1. The lowest BCUT2D eigenvalue weighted by molar-refractivity contribution is -0.132. The number of rotatable bonds is 3. The summed E-state index contributed by atoms with van der Waals surface area (Å²) in [6.07, 6.45) is 1.42. The third kappa shape index (κ3) is 3.18. The average molecular weight is 214 g/mol. The Labute approximate surface area is 91.6 Å². The van der Waals surface area contributed by atoms with Gasteiger partial charge in [0.2, 0.25) is 5.91 Å². The summed E-state index contributed by atoms with van der Waals surface area (Å²) in [4.78, 5) is 13.2. The van der Waals surface area contributed by atoms with Gasteiger partial charge in [-0.15, -0.1) is 0 Å². The highest BCUT2D eigenvalue weighted by Crippen LogP contribution is 2.21. The number of nitrogens with one attached hydrogen (secondary N) is 1. The van der Waals surface area contributed by atoms with Crippen LogP contribution in [0.5, 0.6) is 0 Å². The molecule has 1 amide bonds. The largest absolute Gasteiger partial charge is 0.393 e. The second-order valence-corrected chi connectivity index (χ2v) is 4.38. The summed E-state index contributed by atoms with van der Waals surface area (Å²) in [5.41, 5.74) is 0. The molecule has 0 spiro atoms. The molecule has 0 aromatic rings. The van der Waals surface area contributed by atoms with E-state index in [0.717, 1.165) is 19.4 Å². The molecule has 1 heterocycles. The van der Waals surface area contributed by atoms with Crippen molar-refractivity contribution in [2.45, 2.75) is 38.8 Å². The number of likely N-dealkylation sites (tertiary alicyclic amines) is 1. The van der Waals surface area contributed by atoms with E-state index in [1.54, 1.807) is 6.92 Å². The molecule has 1 fully saturated rings. The zero-order valence-electron chi connectivity index (χ0n) is 9.86. The van der Waals surface area contributed by atoms with E-state index >= 15 is 0 Å². The lowest BCUT2D eigenvalue weighted by Gasteiger charge is -2.39. The van der Waals surface area contributed by atoms with E-state index in [1.165, 1.54) is 0 Å². The number of carbonyl (C=O) groups excluding carboxylic acids is 1. The zero-order chi connectivity index (χ0) is 11.4. The molecule has 0 aromatic carbocycles. The van der Waals surface area contributed by atoms with Crippen LogP contribution in [0.3, 0.4) is 0 Å². The Morgan fingerprint density at radius 1 is 1.60 bits per heavy atom. The van der Waals surface area contributed by atoms with Gasteiger partial charge in [-0.2, -0.15) is 0 Å². The fraction of sp³-hybridized carbons (Fsp3) is 0.909. The summed E-state index contributed by atoms with van der Waals surface area (Å²) in [6, 6.07) is 0.314. The molecular formula is C11H22N2O2. The van der Waals surface area contributed by atoms with Gasteiger partial charge in [0.05, 0.1) is 6.10 Å². The number of nitrogens with zero attached hydrogens (tertiary/aromatic N) is 1. The van der Waals surface area contributed by atoms with Crippen molar-refractivity contribution < 1.29 is 9.90 Å². The van der Waals surface area contributed by atoms with Gasteiger partial charge in [-0.25, -0.2) is 0 Å². The standard InChI is InChI=1S/C11H22N2O2/c1-4-11(15)9-5-10(12-3)7-13(6-9)8(2)14/h9-12,15H,4-7H2,1-3H3. The number of hydrogen-bond donors (Lipinski definition) is 2. The van der Waals surface area contributed by atoms with Gasteiger partial charge in [0.15, 0.2) is 0 Å². The van der Waals surface area contributed by atoms with Crippen LogP contribution in [0.15, 0.2) is 0 Å². The van der Waals surface area contributed by atoms with Gasteiger partial charge in [-0.1, -0.05) is 6.92 Å². The van der Waals surface area contributed by atoms with Crippen molar-refractivity contribution >= 4 is 5.91 Å². The summed E-state index contributed by atoms with van der Waals surface area (Å²) in [5, 5.41) is 13.0. The molecule has 1 aliphatic heterocycles. The molecule has 3 unspecified atom stereocenters. The molecule has 0 radical (unpaired) electrons. The van der Waals surface area contributed by atoms with Gasteiger partial charge in [-0.3, -0.25) is 4.79 Å². The first-order valence-corrected chi connectivity index (χ1v) is 5.69. The van der Waals surface area contributed by atoms with Crippen LogP contribution >= 0.6 is 0 Å². The SMILES string of the molecule is CCC(O)C1CC(NC)CN(C(C)=O)C1. The predicted octanol–water partition coefficient (Wildman–Crippen LogP) is 0.214. The number of piperidine rings is 1. The summed E-state index contributed by atoms with van der Waals surface area (Å²) < 4.78 is 0. The smallest absolute Gasteiger partial charge is 0.219 e. The first-order valence-electron chi connectivity index (χ1n) is 5.69. The van der Waals surface area contributed by atoms with Crippen LogP contribution in [-0.2, 0) is 4.79 Å². The second-order valence-electron chi connectivity index (χ2n) is 4.38. The molecule has 4 heteroatoms. The summed E-state index contributed by atoms with van der Waals surface area (Å²) in [6.45, 7) is 5.03. The van der Waals surface area contributed by atoms with Crippen molar-refractivity contribution in [1.82, 2.24) is 10.2 Å². The van der Waals surface area contributed by atoms with Crippen molar-refractivity contribution in [3.63, 3.8) is 0 Å². The highest BCUT2D eigenvalue weighted by atomic mass is 16.3. The molecule has 0 bridgehead atoms. The Morgan fingerprint density at radius 3 is 2.73 bits per heavy atom. The van der Waals surface area contributed by atoms with Crippen molar-refractivity contribution in [3.8, 4) is 0 Å². The molecule has 3 atom stereocenters. The van der Waals surface area contributed by atoms with Crippen molar-refractivity contribution in [3.05, 3.63) is 0 Å². The Hall–Kier alpha value is -0.610. The van der Waals surface area contributed by atoms with Gasteiger partial charge < -0.3 is 15.3 Å². The minimum atomic E-state index is -0.289. The average Bonchev–Trinajstić information content (AvgIpc) is 2.27. The van der Waals surface area contributed by atoms with Crippen molar-refractivity contribution in [2.75, 3.05) is 20.1 Å². The topological polar surface area (TPSA) is 52.6 Å². The molecule has 0 aromatic heterocycles. The van der Waals surface area contributed by atoms with Crippen LogP contribution in [0.1, 0.15) is 26.7 Å². The maximum atomic E-state index is 11.3. The Morgan fingerprint density at radius 2 is 2.27 bits per heavy atom. The molecule has 1 rings (SSSR count). The maximum absolute atomic E-state index is 11.3. The molecule has 1 aliphatic rings. The number of likely N-dealkylation sites (N-methyl/N-ethyl adjacent to an activating group) is 1. The highest BCUT2D eigenvalue weighted by molar-refractivity contribution is 5.73. The Kier molecular flexibility index (Phi) is 4.54. The molecule has 88 valence electrons. The molecule has 0 aliphatic carbocycles. The third-order valence-corrected chi connectivity index (χ3v) is 3.30. The van der Waals surface area contributed by atoms with Crippen LogP contribution in [0.25, 0.3) is 0 Å². The molecule has 4 nitrogen and oxygen atoms in total. The summed E-state index contributed by atoms with van der Waals surface area (Å²) in [7, 11) is 1.91. The number of carbonyl (C=O) groups is 1. The molecule has 2 N–H and O–H groups in total. The van der Waals surface area contributed by atoms with Crippen LogP contribution < -0.4 is 5.32 Å². The monoisotopic (exact) mass is 214 g/mol. The first-order chi connectivity index (χ1) is 7.08. The van der Waals surface area contributed by atoms with E-state index in [9.17, 15) is 9.90 Å². The van der Waals surface area contributed by atoms with Crippen molar-refractivity contribution in [2.24, 2.45) is 5.92 Å². The minimum Gasteiger partial charge on any atom is -0.393 e. The number of hydrogen-bond acceptors (Lipinski definition) is 3. The van der Waals surface area contributed by atoms with Gasteiger partial charge in [0.1, 0.15) is 0 Å². The van der Waals surface area contributed by atoms with Crippen LogP contribution in [0, 0.1) is 5.92 Å². The predicted molar refractivity (Wildman–Crippen MR) is 59.5 cm³/mol. The lowest BCUT2D eigenvalue weighted by atomic mass is 9.88. The fourth-order valence-electron chi connectivity index (χ4n) is 2.22. The molecule has 15 heavy (non-hydrogen) atoms. The molecule has 1 saturated heterocycles. The second kappa shape index (κ2) is 5.47. The van der Waals surface area contributed by atoms with Gasteiger partial charge in [-0.05, 0) is 19.9 Å². The third-order valence-electron chi connectivity index (χ3n) is 3.30. The van der Waals surface area contributed by atoms with Gasteiger partial charge in [0, 0.05) is 32.0 Å². The van der Waals surface area contributed by atoms with Crippen LogP contribution in [0.2, 0.25) is 0 Å². The van der Waals surface area contributed by atoms with E-state index < -0.39 is 0 Å². The van der Waals surface area contributed by atoms with E-state index in [4.69, 9.17) is 0 Å². The van der Waals surface area contributed by atoms with E-state index in [-0.39, 0.29) is 17.9 Å². The molecule has 0 saturated carbocycles. The van der Waals surface area contributed by atoms with E-state index in [0.29, 0.717) is 12.6 Å². The van der Waals surface area contributed by atoms with Gasteiger partial charge in [0.25, 0.3) is 0 Å². The van der Waals surface area contributed by atoms with E-state index in [2.05, 4.69) is 5.32 Å². The highest BCUT2D eigenvalue weighted by Gasteiger charge is 2.31. The Balaban J connectivity index is 2.62. The van der Waals surface area contributed by atoms with Crippen molar-refractivity contribution in [1.29, 1.82) is 0 Å². The minimum absolute atomic E-state index is 0.100. The van der Waals surface area contributed by atoms with Crippen LogP contribution in [0.4, 0.5) is 0 Å². The van der Waals surface area contributed by atoms with Crippen LogP contribution in [-0.4, -0.2) is 48.2 Å².